The number of nitro benzene ring substituents is 1. The maximum atomic E-state index is 10.9. The highest BCUT2D eigenvalue weighted by molar-refractivity contribution is 5.84. The van der Waals surface area contributed by atoms with E-state index in [9.17, 15) is 10.1 Å². The van der Waals surface area contributed by atoms with Gasteiger partial charge in [0, 0.05) is 57.4 Å². The Hall–Kier alpha value is -3.82. The van der Waals surface area contributed by atoms with Crippen LogP contribution in [0.25, 0.3) is 33.8 Å². The molecule has 0 aliphatic carbocycles. The number of rotatable bonds is 5. The highest BCUT2D eigenvalue weighted by atomic mass is 79.9. The van der Waals surface area contributed by atoms with Gasteiger partial charge in [0.05, 0.1) is 18.5 Å². The molecule has 5 aromatic rings. The number of quaternary nitrogens is 1. The van der Waals surface area contributed by atoms with E-state index >= 15 is 0 Å². The van der Waals surface area contributed by atoms with Crippen LogP contribution in [0, 0.1) is 10.1 Å². The number of nitrogens with one attached hydrogen (secondary N) is 1. The van der Waals surface area contributed by atoms with Gasteiger partial charge in [0.25, 0.3) is 5.69 Å². The van der Waals surface area contributed by atoms with Gasteiger partial charge < -0.3 is 30.9 Å². The third-order valence-corrected chi connectivity index (χ3v) is 6.86. The Kier molecular flexibility index (Phi) is 6.19. The van der Waals surface area contributed by atoms with Crippen molar-refractivity contribution in [2.75, 3.05) is 13.6 Å². The number of likely N-dealkylation sites (N-methyl/N-ethyl adjacent to an activating group) is 1. The number of fused-ring (bicyclic) bond motifs is 3. The first kappa shape index (κ1) is 23.9. The maximum absolute atomic E-state index is 10.9. The molecule has 1 N–H and O–H groups in total. The Balaban J connectivity index is 0.00000267. The first-order valence-corrected chi connectivity index (χ1v) is 11.6. The summed E-state index contributed by atoms with van der Waals surface area (Å²) in [6.45, 7) is 3.03. The monoisotopic (exact) mass is 545 g/mol. The largest absolute Gasteiger partial charge is 1.00 e. The Bertz CT molecular complexity index is 1540. The lowest BCUT2D eigenvalue weighted by atomic mass is 10.0. The smallest absolute Gasteiger partial charge is 0.269 e. The fourth-order valence-electron chi connectivity index (χ4n) is 5.00. The predicted molar refractivity (Wildman–Crippen MR) is 132 cm³/mol. The number of nitrogens with zero attached hydrogens (tertiary/aromatic N) is 4. The zero-order valence-electron chi connectivity index (χ0n) is 19.6. The van der Waals surface area contributed by atoms with Crippen molar-refractivity contribution in [3.8, 4) is 22.9 Å². The van der Waals surface area contributed by atoms with Crippen LogP contribution in [-0.2, 0) is 19.5 Å². The molecule has 1 aliphatic heterocycles. The second-order valence-corrected chi connectivity index (χ2v) is 9.45. The molecule has 9 heteroatoms. The van der Waals surface area contributed by atoms with E-state index < -0.39 is 4.92 Å². The minimum absolute atomic E-state index is 0. The molecule has 0 fully saturated rings. The number of hydrogen-bond acceptors (Lipinski definition) is 5. The third-order valence-electron chi connectivity index (χ3n) is 6.86. The minimum Gasteiger partial charge on any atom is -1.00 e. The van der Waals surface area contributed by atoms with Crippen LogP contribution in [0.3, 0.4) is 0 Å². The van der Waals surface area contributed by atoms with E-state index in [1.807, 2.05) is 12.1 Å². The lowest BCUT2D eigenvalue weighted by molar-refractivity contribution is -0.937. The molecule has 182 valence electrons. The van der Waals surface area contributed by atoms with Crippen LogP contribution in [0.4, 0.5) is 5.69 Å². The molecule has 6 rings (SSSR count). The van der Waals surface area contributed by atoms with E-state index in [0.717, 1.165) is 36.1 Å². The summed E-state index contributed by atoms with van der Waals surface area (Å²) in [5.41, 5.74) is 6.81. The van der Waals surface area contributed by atoms with E-state index in [4.69, 9.17) is 4.42 Å². The van der Waals surface area contributed by atoms with Gasteiger partial charge in [-0.2, -0.15) is 0 Å². The summed E-state index contributed by atoms with van der Waals surface area (Å²) in [6.07, 6.45) is 1.05. The summed E-state index contributed by atoms with van der Waals surface area (Å²) >= 11 is 0. The summed E-state index contributed by atoms with van der Waals surface area (Å²) in [4.78, 5) is 14.0. The molecule has 0 amide bonds. The summed E-state index contributed by atoms with van der Waals surface area (Å²) in [5.74, 6) is 0.756. The van der Waals surface area contributed by atoms with E-state index in [2.05, 4.69) is 58.6 Å². The first-order chi connectivity index (χ1) is 17.0. The lowest BCUT2D eigenvalue weighted by Crippen LogP contribution is -3.00. The fraction of sp³-hybridized carbons (Fsp3) is 0.185. The number of benzene rings is 3. The molecule has 2 aromatic heterocycles. The van der Waals surface area contributed by atoms with Crippen molar-refractivity contribution in [2.45, 2.75) is 19.5 Å². The second-order valence-electron chi connectivity index (χ2n) is 9.45. The lowest BCUT2D eigenvalue weighted by Gasteiger charge is -2.38. The molecule has 36 heavy (non-hydrogen) atoms. The van der Waals surface area contributed by atoms with Gasteiger partial charge >= 0.3 is 0 Å². The van der Waals surface area contributed by atoms with Crippen LogP contribution in [0.5, 0.6) is 0 Å². The maximum Gasteiger partial charge on any atom is 0.269 e. The molecular formula is C27H24BrN5O3. The Morgan fingerprint density at radius 2 is 1.61 bits per heavy atom. The number of hydrogen-bond donors (Lipinski definition) is 1. The number of halogens is 1. The molecule has 0 bridgehead atoms. The topological polar surface area (TPSA) is 97.8 Å². The second kappa shape index (κ2) is 9.33. The van der Waals surface area contributed by atoms with Crippen molar-refractivity contribution >= 4 is 16.6 Å². The Morgan fingerprint density at radius 1 is 0.972 bits per heavy atom. The molecular weight excluding hydrogens is 522 g/mol. The molecule has 1 aliphatic rings. The van der Waals surface area contributed by atoms with Crippen molar-refractivity contribution in [3.05, 3.63) is 99.7 Å². The van der Waals surface area contributed by atoms with Gasteiger partial charge in [0.15, 0.2) is 0 Å². The normalized spacial score (nSPS) is 16.9. The Morgan fingerprint density at radius 3 is 2.28 bits per heavy atom. The van der Waals surface area contributed by atoms with E-state index in [1.54, 1.807) is 12.1 Å². The van der Waals surface area contributed by atoms with E-state index in [0.29, 0.717) is 17.3 Å². The molecule has 1 unspecified atom stereocenters. The van der Waals surface area contributed by atoms with Crippen molar-refractivity contribution in [3.63, 3.8) is 0 Å². The molecule has 0 radical (unpaired) electrons. The molecule has 3 heterocycles. The summed E-state index contributed by atoms with van der Waals surface area (Å²) in [5, 5.41) is 20.5. The number of aromatic amines is 1. The average Bonchev–Trinajstić information content (AvgIpc) is 3.50. The molecule has 0 saturated heterocycles. The number of nitro groups is 1. The number of H-pyrrole nitrogens is 1. The first-order valence-electron chi connectivity index (χ1n) is 11.6. The van der Waals surface area contributed by atoms with Crippen LogP contribution in [0.2, 0.25) is 0 Å². The van der Waals surface area contributed by atoms with Crippen molar-refractivity contribution < 1.29 is 30.8 Å². The van der Waals surface area contributed by atoms with Gasteiger partial charge in [0.1, 0.15) is 13.1 Å². The van der Waals surface area contributed by atoms with Gasteiger partial charge in [-0.1, -0.05) is 30.3 Å². The van der Waals surface area contributed by atoms with Gasteiger partial charge in [0.2, 0.25) is 11.8 Å². The SMILES string of the molecule is C[N+]1(Cc2ccc(-c3nnc(-c4ccc([N+](=O)[O-])cc4)o3)cc2)CCc2[nH]c3ccccc3c2C1.[Br-]. The Labute approximate surface area is 218 Å². The summed E-state index contributed by atoms with van der Waals surface area (Å²) in [7, 11) is 2.33. The van der Waals surface area contributed by atoms with Gasteiger partial charge in [-0.15, -0.1) is 10.2 Å². The quantitative estimate of drug-likeness (QED) is 0.208. The van der Waals surface area contributed by atoms with Crippen LogP contribution in [0.1, 0.15) is 16.8 Å². The number of para-hydroxylation sites is 1. The van der Waals surface area contributed by atoms with Gasteiger partial charge in [-0.05, 0) is 30.3 Å². The summed E-state index contributed by atoms with van der Waals surface area (Å²) in [6, 6.07) is 22.9. The van der Waals surface area contributed by atoms with Crippen molar-refractivity contribution in [1.82, 2.24) is 15.2 Å². The molecule has 8 nitrogen and oxygen atoms in total. The number of aromatic nitrogens is 3. The fourth-order valence-corrected chi connectivity index (χ4v) is 5.00. The van der Waals surface area contributed by atoms with Crippen LogP contribution in [-0.4, -0.2) is 38.2 Å². The molecule has 1 atom stereocenters. The van der Waals surface area contributed by atoms with Gasteiger partial charge in [-0.25, -0.2) is 0 Å². The summed E-state index contributed by atoms with van der Waals surface area (Å²) < 4.78 is 6.79. The van der Waals surface area contributed by atoms with Gasteiger partial charge in [-0.3, -0.25) is 10.1 Å². The zero-order chi connectivity index (χ0) is 24.0. The van der Waals surface area contributed by atoms with E-state index in [-0.39, 0.29) is 22.7 Å². The van der Waals surface area contributed by atoms with Crippen LogP contribution >= 0.6 is 0 Å². The highest BCUT2D eigenvalue weighted by Crippen LogP contribution is 2.32. The highest BCUT2D eigenvalue weighted by Gasteiger charge is 2.31. The van der Waals surface area contributed by atoms with Crippen molar-refractivity contribution in [1.29, 1.82) is 0 Å². The third kappa shape index (κ3) is 4.43. The van der Waals surface area contributed by atoms with Crippen LogP contribution in [0.15, 0.2) is 77.2 Å². The number of non-ortho nitro benzene ring substituents is 1. The molecule has 3 aromatic carbocycles. The molecule has 0 saturated carbocycles. The standard InChI is InChI=1S/C27H24N5O3.BrH/c1-32(15-14-25-23(17-32)22-4-2-3-5-24(22)28-25)16-18-6-8-19(9-7-18)26-29-30-27(35-26)20-10-12-21(13-11-20)31(33)34;/h2-13,28H,14-17H2,1H3;1H/q+1;/p-1. The average molecular weight is 546 g/mol. The minimum atomic E-state index is -0.434. The van der Waals surface area contributed by atoms with E-state index in [1.165, 1.54) is 39.9 Å². The van der Waals surface area contributed by atoms with Crippen molar-refractivity contribution in [2.24, 2.45) is 0 Å². The zero-order valence-corrected chi connectivity index (χ0v) is 21.2. The predicted octanol–water partition coefficient (Wildman–Crippen LogP) is 2.50. The molecule has 0 spiro atoms. The van der Waals surface area contributed by atoms with Crippen LogP contribution < -0.4 is 17.0 Å².